The Labute approximate surface area is 127 Å². The van der Waals surface area contributed by atoms with Gasteiger partial charge in [-0.1, -0.05) is 18.5 Å². The Morgan fingerprint density at radius 1 is 1.29 bits per heavy atom. The average molecular weight is 308 g/mol. The van der Waals surface area contributed by atoms with E-state index < -0.39 is 5.82 Å². The van der Waals surface area contributed by atoms with E-state index in [1.165, 1.54) is 12.1 Å². The molecular weight excluding hydrogens is 293 g/mol. The number of rotatable bonds is 5. The number of halogens is 2. The monoisotopic (exact) mass is 307 g/mol. The molecule has 0 spiro atoms. The van der Waals surface area contributed by atoms with Crippen LogP contribution in [0.3, 0.4) is 0 Å². The number of carbonyl (C=O) groups excluding carboxylic acids is 1. The Hall–Kier alpha value is -2.14. The maximum atomic E-state index is 13.1. The molecule has 0 aliphatic rings. The van der Waals surface area contributed by atoms with Crippen molar-refractivity contribution in [2.24, 2.45) is 0 Å². The van der Waals surface area contributed by atoms with Crippen LogP contribution in [0.5, 0.6) is 0 Å². The number of amides is 1. The van der Waals surface area contributed by atoms with Crippen molar-refractivity contribution in [1.29, 1.82) is 0 Å². The lowest BCUT2D eigenvalue weighted by atomic mass is 10.3. The number of nitrogens with zero attached hydrogens (tertiary/aromatic N) is 1. The Morgan fingerprint density at radius 2 is 2.05 bits per heavy atom. The third-order valence-electron chi connectivity index (χ3n) is 2.72. The van der Waals surface area contributed by atoms with Crippen LogP contribution in [-0.2, 0) is 4.79 Å². The highest BCUT2D eigenvalue weighted by molar-refractivity contribution is 6.31. The van der Waals surface area contributed by atoms with Crippen molar-refractivity contribution in [2.75, 3.05) is 10.6 Å². The van der Waals surface area contributed by atoms with Gasteiger partial charge in [0.05, 0.1) is 16.9 Å². The highest BCUT2D eigenvalue weighted by Crippen LogP contribution is 2.22. The van der Waals surface area contributed by atoms with E-state index >= 15 is 0 Å². The summed E-state index contributed by atoms with van der Waals surface area (Å²) in [6.45, 7) is 1.94. The van der Waals surface area contributed by atoms with Crippen molar-refractivity contribution >= 4 is 34.7 Å². The van der Waals surface area contributed by atoms with Gasteiger partial charge in [0.15, 0.2) is 0 Å². The zero-order valence-electron chi connectivity index (χ0n) is 11.5. The lowest BCUT2D eigenvalue weighted by Gasteiger charge is -2.08. The Kier molecular flexibility index (Phi) is 5.11. The highest BCUT2D eigenvalue weighted by atomic mass is 35.5. The smallest absolute Gasteiger partial charge is 0.225 e. The minimum atomic E-state index is -0.464. The Balaban J connectivity index is 2.01. The van der Waals surface area contributed by atoms with E-state index in [0.717, 1.165) is 6.42 Å². The van der Waals surface area contributed by atoms with E-state index in [2.05, 4.69) is 15.6 Å². The molecule has 2 aromatic rings. The minimum absolute atomic E-state index is 0.0522. The van der Waals surface area contributed by atoms with Gasteiger partial charge in [-0.2, -0.15) is 0 Å². The van der Waals surface area contributed by atoms with E-state index in [1.54, 1.807) is 24.4 Å². The lowest BCUT2D eigenvalue weighted by Crippen LogP contribution is -2.11. The van der Waals surface area contributed by atoms with Crippen LogP contribution in [0.25, 0.3) is 0 Å². The van der Waals surface area contributed by atoms with Crippen LogP contribution in [0.15, 0.2) is 36.5 Å². The molecule has 1 heterocycles. The summed E-state index contributed by atoms with van der Waals surface area (Å²) in [5.41, 5.74) is 1.37. The summed E-state index contributed by atoms with van der Waals surface area (Å²) in [4.78, 5) is 15.6. The van der Waals surface area contributed by atoms with E-state index in [0.29, 0.717) is 23.6 Å². The van der Waals surface area contributed by atoms with Gasteiger partial charge >= 0.3 is 0 Å². The predicted molar refractivity (Wildman–Crippen MR) is 82.5 cm³/mol. The quantitative estimate of drug-likeness (QED) is 0.863. The summed E-state index contributed by atoms with van der Waals surface area (Å²) in [6, 6.07) is 7.83. The van der Waals surface area contributed by atoms with E-state index in [9.17, 15) is 9.18 Å². The summed E-state index contributed by atoms with van der Waals surface area (Å²) in [5.74, 6) is -0.0264. The molecule has 0 aliphatic carbocycles. The summed E-state index contributed by atoms with van der Waals surface area (Å²) in [5, 5.41) is 5.81. The Morgan fingerprint density at radius 3 is 2.67 bits per heavy atom. The van der Waals surface area contributed by atoms with Gasteiger partial charge in [0.25, 0.3) is 0 Å². The van der Waals surface area contributed by atoms with Gasteiger partial charge < -0.3 is 10.6 Å². The first-order valence-corrected chi connectivity index (χ1v) is 6.94. The number of aromatic nitrogens is 1. The average Bonchev–Trinajstić information content (AvgIpc) is 2.45. The van der Waals surface area contributed by atoms with Gasteiger partial charge in [0.1, 0.15) is 11.6 Å². The van der Waals surface area contributed by atoms with Gasteiger partial charge in [-0.05, 0) is 36.8 Å². The first-order valence-electron chi connectivity index (χ1n) is 6.56. The summed E-state index contributed by atoms with van der Waals surface area (Å²) < 4.78 is 13.1. The van der Waals surface area contributed by atoms with Crippen LogP contribution >= 0.6 is 11.6 Å². The van der Waals surface area contributed by atoms with Crippen molar-refractivity contribution in [2.45, 2.75) is 19.8 Å². The van der Waals surface area contributed by atoms with Crippen LogP contribution < -0.4 is 10.6 Å². The predicted octanol–water partition coefficient (Wildman–Crippen LogP) is 4.36. The fourth-order valence-electron chi connectivity index (χ4n) is 1.71. The normalized spacial score (nSPS) is 10.2. The number of carbonyl (C=O) groups is 1. The molecule has 1 aromatic carbocycles. The first-order chi connectivity index (χ1) is 10.1. The molecule has 6 heteroatoms. The molecule has 4 nitrogen and oxygen atoms in total. The molecule has 0 atom stereocenters. The molecule has 2 N–H and O–H groups in total. The molecule has 1 aromatic heterocycles. The number of anilines is 3. The van der Waals surface area contributed by atoms with Crippen molar-refractivity contribution in [3.05, 3.63) is 47.4 Å². The number of benzene rings is 1. The summed E-state index contributed by atoms with van der Waals surface area (Å²) in [7, 11) is 0. The van der Waals surface area contributed by atoms with Crippen LogP contribution in [-0.4, -0.2) is 10.9 Å². The molecule has 110 valence electrons. The number of hydrogen-bond donors (Lipinski definition) is 2. The van der Waals surface area contributed by atoms with Crippen LogP contribution in [0, 0.1) is 5.82 Å². The van der Waals surface area contributed by atoms with Crippen molar-refractivity contribution in [3.8, 4) is 0 Å². The van der Waals surface area contributed by atoms with E-state index in [-0.39, 0.29) is 10.9 Å². The van der Waals surface area contributed by atoms with Crippen LogP contribution in [0.2, 0.25) is 5.02 Å². The second kappa shape index (κ2) is 7.04. The second-order valence-corrected chi connectivity index (χ2v) is 4.89. The molecular formula is C15H15ClFN3O. The lowest BCUT2D eigenvalue weighted by molar-refractivity contribution is -0.116. The second-order valence-electron chi connectivity index (χ2n) is 4.48. The molecule has 1 amide bonds. The molecule has 2 rings (SSSR count). The van der Waals surface area contributed by atoms with Crippen LogP contribution in [0.4, 0.5) is 21.6 Å². The summed E-state index contributed by atoms with van der Waals surface area (Å²) in [6.07, 6.45) is 2.84. The molecule has 0 bridgehead atoms. The van der Waals surface area contributed by atoms with E-state index in [1.807, 2.05) is 6.92 Å². The zero-order chi connectivity index (χ0) is 15.2. The Bertz CT molecular complexity index is 631. The van der Waals surface area contributed by atoms with Gasteiger partial charge in [-0.3, -0.25) is 4.79 Å². The van der Waals surface area contributed by atoms with Gasteiger partial charge in [0.2, 0.25) is 5.91 Å². The fourth-order valence-corrected chi connectivity index (χ4v) is 1.90. The standard InChI is InChI=1S/C15H15ClFN3O/c1-2-3-15(21)20-14-7-5-11(9-18-14)19-10-4-6-13(17)12(16)8-10/h4-9,19H,2-3H2,1H3,(H,18,20,21). The third kappa shape index (κ3) is 4.43. The molecule has 0 aliphatic heterocycles. The molecule has 0 fully saturated rings. The molecule has 0 saturated carbocycles. The number of nitrogens with one attached hydrogen (secondary N) is 2. The SMILES string of the molecule is CCCC(=O)Nc1ccc(Nc2ccc(F)c(Cl)c2)cn1. The minimum Gasteiger partial charge on any atom is -0.354 e. The molecule has 0 unspecified atom stereocenters. The summed E-state index contributed by atoms with van der Waals surface area (Å²) >= 11 is 5.71. The largest absolute Gasteiger partial charge is 0.354 e. The molecule has 0 radical (unpaired) electrons. The molecule has 0 saturated heterocycles. The van der Waals surface area contributed by atoms with Crippen molar-refractivity contribution in [3.63, 3.8) is 0 Å². The van der Waals surface area contributed by atoms with E-state index in [4.69, 9.17) is 11.6 Å². The first kappa shape index (κ1) is 15.3. The topological polar surface area (TPSA) is 54.0 Å². The van der Waals surface area contributed by atoms with Crippen LogP contribution in [0.1, 0.15) is 19.8 Å². The number of pyridine rings is 1. The third-order valence-corrected chi connectivity index (χ3v) is 3.01. The maximum absolute atomic E-state index is 13.1. The van der Waals surface area contributed by atoms with Crippen molar-refractivity contribution in [1.82, 2.24) is 4.98 Å². The van der Waals surface area contributed by atoms with Gasteiger partial charge in [-0.25, -0.2) is 9.37 Å². The zero-order valence-corrected chi connectivity index (χ0v) is 12.2. The maximum Gasteiger partial charge on any atom is 0.225 e. The number of hydrogen-bond acceptors (Lipinski definition) is 3. The van der Waals surface area contributed by atoms with Crippen molar-refractivity contribution < 1.29 is 9.18 Å². The molecule has 21 heavy (non-hydrogen) atoms. The fraction of sp³-hybridized carbons (Fsp3) is 0.200. The van der Waals surface area contributed by atoms with Gasteiger partial charge in [0, 0.05) is 12.1 Å². The van der Waals surface area contributed by atoms with Gasteiger partial charge in [-0.15, -0.1) is 0 Å². The highest BCUT2D eigenvalue weighted by Gasteiger charge is 2.03.